The fourth-order valence-electron chi connectivity index (χ4n) is 2.14. The Kier molecular flexibility index (Phi) is 5.17. The highest BCUT2D eigenvalue weighted by atomic mass is 19.1. The Hall–Kier alpha value is -2.07. The van der Waals surface area contributed by atoms with Gasteiger partial charge in [0.2, 0.25) is 0 Å². The number of Topliss-reactive ketones (excluding diaryl/α,β-unsaturated/α-hetero) is 1. The van der Waals surface area contributed by atoms with Gasteiger partial charge >= 0.3 is 0 Å². The van der Waals surface area contributed by atoms with Gasteiger partial charge in [0.05, 0.1) is 5.69 Å². The number of pyridine rings is 1. The first kappa shape index (κ1) is 15.3. The summed E-state index contributed by atoms with van der Waals surface area (Å²) in [4.78, 5) is 18.5. The normalized spacial score (nSPS) is 10.9. The Morgan fingerprint density at radius 3 is 2.71 bits per heavy atom. The minimum absolute atomic E-state index is 0.0430. The van der Waals surface area contributed by atoms with Crippen LogP contribution < -0.4 is 0 Å². The van der Waals surface area contributed by atoms with Crippen molar-refractivity contribution in [2.45, 2.75) is 19.9 Å². The first-order valence-corrected chi connectivity index (χ1v) is 6.94. The molecule has 0 unspecified atom stereocenters. The molecule has 0 amide bonds. The van der Waals surface area contributed by atoms with E-state index in [0.29, 0.717) is 25.1 Å². The van der Waals surface area contributed by atoms with E-state index >= 15 is 0 Å². The number of aromatic nitrogens is 1. The summed E-state index contributed by atoms with van der Waals surface area (Å²) in [6.45, 7) is 3.26. The van der Waals surface area contributed by atoms with E-state index in [1.807, 2.05) is 37.1 Å². The van der Waals surface area contributed by atoms with E-state index in [1.54, 1.807) is 12.1 Å². The molecule has 0 fully saturated rings. The van der Waals surface area contributed by atoms with Crippen LogP contribution in [-0.2, 0) is 6.54 Å². The maximum absolute atomic E-state index is 13.1. The molecule has 3 nitrogen and oxygen atoms in total. The van der Waals surface area contributed by atoms with Crippen molar-refractivity contribution < 1.29 is 9.18 Å². The highest BCUT2D eigenvalue weighted by Gasteiger charge is 2.09. The zero-order valence-corrected chi connectivity index (χ0v) is 12.3. The second-order valence-electron chi connectivity index (χ2n) is 5.19. The van der Waals surface area contributed by atoms with Gasteiger partial charge in [-0.15, -0.1) is 0 Å². The molecule has 0 radical (unpaired) electrons. The highest BCUT2D eigenvalue weighted by molar-refractivity contribution is 5.96. The predicted molar refractivity (Wildman–Crippen MR) is 80.7 cm³/mol. The van der Waals surface area contributed by atoms with Gasteiger partial charge in [0, 0.05) is 30.8 Å². The molecular formula is C17H19FN2O. The summed E-state index contributed by atoms with van der Waals surface area (Å²) in [6.07, 6.45) is 0.367. The first-order chi connectivity index (χ1) is 10.0. The van der Waals surface area contributed by atoms with E-state index in [9.17, 15) is 9.18 Å². The lowest BCUT2D eigenvalue weighted by Gasteiger charge is -2.15. The number of halogens is 1. The summed E-state index contributed by atoms with van der Waals surface area (Å²) in [7, 11) is 1.95. The largest absolute Gasteiger partial charge is 0.300 e. The number of benzene rings is 1. The molecule has 0 aliphatic rings. The van der Waals surface area contributed by atoms with Crippen molar-refractivity contribution in [2.75, 3.05) is 13.6 Å². The highest BCUT2D eigenvalue weighted by Crippen LogP contribution is 2.08. The van der Waals surface area contributed by atoms with Crippen molar-refractivity contribution in [1.82, 2.24) is 9.88 Å². The fourth-order valence-corrected chi connectivity index (χ4v) is 2.14. The Bertz CT molecular complexity index is 628. The van der Waals surface area contributed by atoms with Crippen LogP contribution in [-0.4, -0.2) is 29.3 Å². The summed E-state index contributed by atoms with van der Waals surface area (Å²) in [5.74, 6) is -0.420. The van der Waals surface area contributed by atoms with Crippen LogP contribution in [0.3, 0.4) is 0 Å². The third-order valence-electron chi connectivity index (χ3n) is 3.25. The summed E-state index contributed by atoms with van der Waals surface area (Å²) in [5.41, 5.74) is 2.39. The summed E-state index contributed by atoms with van der Waals surface area (Å²) >= 11 is 0. The number of carbonyl (C=O) groups excluding carboxylic acids is 1. The van der Waals surface area contributed by atoms with E-state index < -0.39 is 0 Å². The predicted octanol–water partition coefficient (Wildman–Crippen LogP) is 3.23. The monoisotopic (exact) mass is 286 g/mol. The molecule has 2 aromatic rings. The fraction of sp³-hybridized carbons (Fsp3) is 0.294. The SMILES string of the molecule is Cc1cccc(CN(C)CCC(=O)c2cccc(F)c2)n1. The summed E-state index contributed by atoms with van der Waals surface area (Å²) in [6, 6.07) is 11.7. The van der Waals surface area contributed by atoms with Gasteiger partial charge in [-0.25, -0.2) is 4.39 Å². The molecule has 0 aliphatic heterocycles. The molecule has 2 rings (SSSR count). The lowest BCUT2D eigenvalue weighted by atomic mass is 10.1. The van der Waals surface area contributed by atoms with E-state index in [4.69, 9.17) is 0 Å². The number of hydrogen-bond donors (Lipinski definition) is 0. The van der Waals surface area contributed by atoms with Gasteiger partial charge in [-0.05, 0) is 38.2 Å². The minimum Gasteiger partial charge on any atom is -0.300 e. The topological polar surface area (TPSA) is 33.2 Å². The molecule has 0 atom stereocenters. The van der Waals surface area contributed by atoms with Gasteiger partial charge in [0.25, 0.3) is 0 Å². The van der Waals surface area contributed by atoms with Gasteiger partial charge in [-0.3, -0.25) is 9.78 Å². The number of rotatable bonds is 6. The Morgan fingerprint density at radius 1 is 1.24 bits per heavy atom. The standard InChI is InChI=1S/C17H19FN2O/c1-13-5-3-8-16(19-13)12-20(2)10-9-17(21)14-6-4-7-15(18)11-14/h3-8,11H,9-10,12H2,1-2H3. The molecule has 110 valence electrons. The van der Waals surface area contributed by atoms with Crippen molar-refractivity contribution in [3.05, 3.63) is 65.2 Å². The summed E-state index contributed by atoms with van der Waals surface area (Å²) < 4.78 is 13.1. The number of ketones is 1. The maximum Gasteiger partial charge on any atom is 0.164 e. The Morgan fingerprint density at radius 2 is 2.00 bits per heavy atom. The van der Waals surface area contributed by atoms with Crippen molar-refractivity contribution in [3.63, 3.8) is 0 Å². The molecule has 0 bridgehead atoms. The van der Waals surface area contributed by atoms with Crippen LogP contribution in [0, 0.1) is 12.7 Å². The van der Waals surface area contributed by atoms with Gasteiger partial charge < -0.3 is 4.90 Å². The van der Waals surface area contributed by atoms with Crippen LogP contribution in [0.15, 0.2) is 42.5 Å². The van der Waals surface area contributed by atoms with E-state index in [-0.39, 0.29) is 11.6 Å². The van der Waals surface area contributed by atoms with Gasteiger partial charge in [0.1, 0.15) is 5.82 Å². The third kappa shape index (κ3) is 4.76. The number of aryl methyl sites for hydroxylation is 1. The second kappa shape index (κ2) is 7.09. The number of hydrogen-bond acceptors (Lipinski definition) is 3. The van der Waals surface area contributed by atoms with Crippen LogP contribution in [0.1, 0.15) is 28.2 Å². The van der Waals surface area contributed by atoms with Crippen molar-refractivity contribution in [1.29, 1.82) is 0 Å². The molecule has 21 heavy (non-hydrogen) atoms. The number of nitrogens with zero attached hydrogens (tertiary/aromatic N) is 2. The van der Waals surface area contributed by atoms with E-state index in [1.165, 1.54) is 12.1 Å². The quantitative estimate of drug-likeness (QED) is 0.764. The second-order valence-corrected chi connectivity index (χ2v) is 5.19. The molecule has 1 aromatic carbocycles. The lowest BCUT2D eigenvalue weighted by Crippen LogP contribution is -2.22. The van der Waals surface area contributed by atoms with E-state index in [2.05, 4.69) is 4.98 Å². The maximum atomic E-state index is 13.1. The molecule has 0 spiro atoms. The molecule has 0 N–H and O–H groups in total. The van der Waals surface area contributed by atoms with Crippen molar-refractivity contribution in [3.8, 4) is 0 Å². The summed E-state index contributed by atoms with van der Waals surface area (Å²) in [5, 5.41) is 0. The van der Waals surface area contributed by atoms with Crippen molar-refractivity contribution in [2.24, 2.45) is 0 Å². The molecule has 1 aromatic heterocycles. The molecule has 0 saturated heterocycles. The average Bonchev–Trinajstić information content (AvgIpc) is 2.45. The molecule has 0 saturated carbocycles. The lowest BCUT2D eigenvalue weighted by molar-refractivity contribution is 0.0967. The zero-order chi connectivity index (χ0) is 15.2. The molecular weight excluding hydrogens is 267 g/mol. The van der Waals surface area contributed by atoms with Gasteiger partial charge in [-0.1, -0.05) is 18.2 Å². The van der Waals surface area contributed by atoms with Crippen LogP contribution in [0.2, 0.25) is 0 Å². The van der Waals surface area contributed by atoms with Crippen LogP contribution in [0.25, 0.3) is 0 Å². The van der Waals surface area contributed by atoms with Crippen LogP contribution >= 0.6 is 0 Å². The number of carbonyl (C=O) groups is 1. The Balaban J connectivity index is 1.86. The van der Waals surface area contributed by atoms with Gasteiger partial charge in [0.15, 0.2) is 5.78 Å². The van der Waals surface area contributed by atoms with Gasteiger partial charge in [-0.2, -0.15) is 0 Å². The molecule has 4 heteroatoms. The first-order valence-electron chi connectivity index (χ1n) is 6.94. The molecule has 1 heterocycles. The Labute approximate surface area is 124 Å². The van der Waals surface area contributed by atoms with Crippen molar-refractivity contribution >= 4 is 5.78 Å². The smallest absolute Gasteiger partial charge is 0.164 e. The van der Waals surface area contributed by atoms with Crippen LogP contribution in [0.5, 0.6) is 0 Å². The van der Waals surface area contributed by atoms with E-state index in [0.717, 1.165) is 11.4 Å². The third-order valence-corrected chi connectivity index (χ3v) is 3.25. The zero-order valence-electron chi connectivity index (χ0n) is 12.3. The van der Waals surface area contributed by atoms with Crippen LogP contribution in [0.4, 0.5) is 4.39 Å². The average molecular weight is 286 g/mol. The molecule has 0 aliphatic carbocycles. The minimum atomic E-state index is -0.377.